The van der Waals surface area contributed by atoms with Crippen molar-refractivity contribution in [2.24, 2.45) is 4.99 Å². The minimum Gasteiger partial charge on any atom is -0.361 e. The Hall–Kier alpha value is -1.16. The standard InChI is InChI=1S/C17H27N5OS.HI/c1-6-14-10-20-15(24-14)7-8-19-17(18-5)21-9-11(2)16-12(3)22-23-13(16)4;/h10-11H,6-9H2,1-5H3,(H2,18,19,21);1H. The Morgan fingerprint density at radius 1 is 1.36 bits per heavy atom. The summed E-state index contributed by atoms with van der Waals surface area (Å²) in [5, 5.41) is 11.9. The lowest BCUT2D eigenvalue weighted by atomic mass is 10.00. The minimum absolute atomic E-state index is 0. The van der Waals surface area contributed by atoms with Crippen LogP contribution in [-0.4, -0.2) is 36.2 Å². The minimum atomic E-state index is 0. The molecule has 2 rings (SSSR count). The summed E-state index contributed by atoms with van der Waals surface area (Å²) in [6.07, 6.45) is 3.93. The summed E-state index contributed by atoms with van der Waals surface area (Å²) in [5.74, 6) is 2.00. The molecule has 2 aromatic heterocycles. The molecule has 0 aliphatic carbocycles. The SMILES string of the molecule is CCc1cnc(CCNC(=NC)NCC(C)c2c(C)noc2C)s1.I. The van der Waals surface area contributed by atoms with Gasteiger partial charge in [0.15, 0.2) is 5.96 Å². The van der Waals surface area contributed by atoms with E-state index in [0.717, 1.165) is 43.3 Å². The van der Waals surface area contributed by atoms with Gasteiger partial charge in [-0.3, -0.25) is 4.99 Å². The zero-order valence-electron chi connectivity index (χ0n) is 15.5. The summed E-state index contributed by atoms with van der Waals surface area (Å²) in [6, 6.07) is 0. The van der Waals surface area contributed by atoms with Gasteiger partial charge in [-0.15, -0.1) is 35.3 Å². The van der Waals surface area contributed by atoms with Crippen molar-refractivity contribution in [3.63, 3.8) is 0 Å². The number of hydrogen-bond donors (Lipinski definition) is 2. The van der Waals surface area contributed by atoms with Gasteiger partial charge in [-0.2, -0.15) is 0 Å². The third kappa shape index (κ3) is 6.25. The van der Waals surface area contributed by atoms with Crippen LogP contribution in [0.2, 0.25) is 0 Å². The van der Waals surface area contributed by atoms with Gasteiger partial charge in [0.2, 0.25) is 0 Å². The molecule has 2 aromatic rings. The molecule has 6 nitrogen and oxygen atoms in total. The average molecular weight is 477 g/mol. The summed E-state index contributed by atoms with van der Waals surface area (Å²) >= 11 is 1.78. The molecule has 1 atom stereocenters. The zero-order valence-corrected chi connectivity index (χ0v) is 18.7. The summed E-state index contributed by atoms with van der Waals surface area (Å²) in [5.41, 5.74) is 2.13. The molecular weight excluding hydrogens is 449 g/mol. The fraction of sp³-hybridized carbons (Fsp3) is 0.588. The Morgan fingerprint density at radius 3 is 2.68 bits per heavy atom. The van der Waals surface area contributed by atoms with E-state index < -0.39 is 0 Å². The van der Waals surface area contributed by atoms with E-state index in [1.807, 2.05) is 20.0 Å². The van der Waals surface area contributed by atoms with Crippen LogP contribution in [-0.2, 0) is 12.8 Å². The van der Waals surface area contributed by atoms with Crippen molar-refractivity contribution in [2.45, 2.75) is 46.5 Å². The molecule has 0 spiro atoms. The number of guanidine groups is 1. The van der Waals surface area contributed by atoms with Gasteiger partial charge in [0.25, 0.3) is 0 Å². The Labute approximate surface area is 170 Å². The van der Waals surface area contributed by atoms with E-state index in [9.17, 15) is 0 Å². The molecule has 140 valence electrons. The molecule has 0 bridgehead atoms. The van der Waals surface area contributed by atoms with Gasteiger partial charge in [-0.25, -0.2) is 4.98 Å². The van der Waals surface area contributed by atoms with E-state index in [2.05, 4.69) is 39.6 Å². The molecule has 0 radical (unpaired) electrons. The summed E-state index contributed by atoms with van der Waals surface area (Å²) in [7, 11) is 1.79. The first kappa shape index (κ1) is 21.9. The van der Waals surface area contributed by atoms with E-state index in [1.165, 1.54) is 15.4 Å². The molecule has 8 heteroatoms. The second-order valence-corrected chi connectivity index (χ2v) is 7.04. The van der Waals surface area contributed by atoms with Gasteiger partial charge < -0.3 is 15.2 Å². The quantitative estimate of drug-likeness (QED) is 0.363. The molecule has 0 saturated carbocycles. The lowest BCUT2D eigenvalue weighted by Crippen LogP contribution is -2.40. The molecule has 0 fully saturated rings. The van der Waals surface area contributed by atoms with Crippen LogP contribution >= 0.6 is 35.3 Å². The lowest BCUT2D eigenvalue weighted by molar-refractivity contribution is 0.391. The molecule has 0 aliphatic rings. The average Bonchev–Trinajstić information content (AvgIpc) is 3.17. The van der Waals surface area contributed by atoms with Gasteiger partial charge in [-0.05, 0) is 20.3 Å². The van der Waals surface area contributed by atoms with Crippen LogP contribution in [0.1, 0.15) is 46.7 Å². The Morgan fingerprint density at radius 2 is 2.12 bits per heavy atom. The predicted octanol–water partition coefficient (Wildman–Crippen LogP) is 3.44. The molecule has 0 aromatic carbocycles. The Balaban J connectivity index is 0.00000312. The van der Waals surface area contributed by atoms with Crippen molar-refractivity contribution < 1.29 is 4.52 Å². The molecule has 1 unspecified atom stereocenters. The Bertz CT molecular complexity index is 663. The van der Waals surface area contributed by atoms with E-state index in [1.54, 1.807) is 18.4 Å². The van der Waals surface area contributed by atoms with Crippen LogP contribution in [0.4, 0.5) is 0 Å². The number of aromatic nitrogens is 2. The third-order valence-electron chi connectivity index (χ3n) is 3.96. The van der Waals surface area contributed by atoms with Gasteiger partial charge >= 0.3 is 0 Å². The number of aliphatic imine (C=N–C) groups is 1. The number of nitrogens with zero attached hydrogens (tertiary/aromatic N) is 3. The first-order valence-corrected chi connectivity index (χ1v) is 9.17. The normalized spacial score (nSPS) is 12.6. The van der Waals surface area contributed by atoms with Crippen molar-refractivity contribution in [2.75, 3.05) is 20.1 Å². The van der Waals surface area contributed by atoms with Crippen molar-refractivity contribution in [3.05, 3.63) is 33.1 Å². The van der Waals surface area contributed by atoms with Crippen LogP contribution in [0, 0.1) is 13.8 Å². The van der Waals surface area contributed by atoms with Gasteiger partial charge in [0.05, 0.1) is 10.7 Å². The molecule has 0 amide bonds. The van der Waals surface area contributed by atoms with Crippen molar-refractivity contribution in [1.82, 2.24) is 20.8 Å². The highest BCUT2D eigenvalue weighted by molar-refractivity contribution is 14.0. The highest BCUT2D eigenvalue weighted by Gasteiger charge is 2.16. The second-order valence-electron chi connectivity index (χ2n) is 5.84. The maximum atomic E-state index is 5.25. The van der Waals surface area contributed by atoms with E-state index in [4.69, 9.17) is 4.52 Å². The predicted molar refractivity (Wildman–Crippen MR) is 114 cm³/mol. The van der Waals surface area contributed by atoms with E-state index in [-0.39, 0.29) is 24.0 Å². The first-order chi connectivity index (χ1) is 11.5. The Kier molecular flexibility index (Phi) is 9.41. The van der Waals surface area contributed by atoms with Crippen molar-refractivity contribution in [3.8, 4) is 0 Å². The maximum absolute atomic E-state index is 5.25. The fourth-order valence-corrected chi connectivity index (χ4v) is 3.54. The molecule has 2 N–H and O–H groups in total. The van der Waals surface area contributed by atoms with E-state index in [0.29, 0.717) is 5.92 Å². The van der Waals surface area contributed by atoms with Gasteiger partial charge in [-0.1, -0.05) is 19.0 Å². The largest absolute Gasteiger partial charge is 0.361 e. The highest BCUT2D eigenvalue weighted by Crippen LogP contribution is 2.22. The summed E-state index contributed by atoms with van der Waals surface area (Å²) in [4.78, 5) is 10.0. The monoisotopic (exact) mass is 477 g/mol. The topological polar surface area (TPSA) is 75.3 Å². The third-order valence-corrected chi connectivity index (χ3v) is 5.16. The summed E-state index contributed by atoms with van der Waals surface area (Å²) in [6.45, 7) is 9.84. The van der Waals surface area contributed by atoms with Crippen LogP contribution < -0.4 is 10.6 Å². The first-order valence-electron chi connectivity index (χ1n) is 8.36. The molecule has 0 aliphatic heterocycles. The van der Waals surface area contributed by atoms with Crippen molar-refractivity contribution >= 4 is 41.3 Å². The molecule has 0 saturated heterocycles. The summed E-state index contributed by atoms with van der Waals surface area (Å²) < 4.78 is 5.25. The lowest BCUT2D eigenvalue weighted by Gasteiger charge is -2.15. The van der Waals surface area contributed by atoms with E-state index >= 15 is 0 Å². The van der Waals surface area contributed by atoms with Crippen LogP contribution in [0.3, 0.4) is 0 Å². The highest BCUT2D eigenvalue weighted by atomic mass is 127. The number of thiazole rings is 1. The van der Waals surface area contributed by atoms with Crippen LogP contribution in [0.5, 0.6) is 0 Å². The van der Waals surface area contributed by atoms with Gasteiger partial charge in [0, 0.05) is 49.1 Å². The van der Waals surface area contributed by atoms with Crippen LogP contribution in [0.15, 0.2) is 15.7 Å². The van der Waals surface area contributed by atoms with Crippen molar-refractivity contribution in [1.29, 1.82) is 0 Å². The zero-order chi connectivity index (χ0) is 17.5. The second kappa shape index (κ2) is 10.7. The molecular formula is C17H28IN5OS. The van der Waals surface area contributed by atoms with Gasteiger partial charge in [0.1, 0.15) is 5.76 Å². The number of rotatable bonds is 7. The molecule has 25 heavy (non-hydrogen) atoms. The smallest absolute Gasteiger partial charge is 0.191 e. The number of aryl methyl sites for hydroxylation is 3. The molecule has 2 heterocycles. The number of nitrogens with one attached hydrogen (secondary N) is 2. The number of halogens is 1. The fourth-order valence-electron chi connectivity index (χ4n) is 2.68. The number of hydrogen-bond acceptors (Lipinski definition) is 5. The van der Waals surface area contributed by atoms with Crippen LogP contribution in [0.25, 0.3) is 0 Å². The maximum Gasteiger partial charge on any atom is 0.191 e.